The van der Waals surface area contributed by atoms with E-state index in [0.717, 1.165) is 5.56 Å². The minimum atomic E-state index is -0.521. The minimum absolute atomic E-state index is 0.0472. The zero-order chi connectivity index (χ0) is 14.7. The van der Waals surface area contributed by atoms with Gasteiger partial charge in [-0.15, -0.1) is 11.3 Å². The standard InChI is InChI=1S/C12H11N3O4S/c1-6-5-20-10(12(18)19-2)9(6)13-11(17)7-3-4-8(16)15-14-7/h3-5H,1-2H3,(H,13,17)(H,15,16). The molecule has 2 heterocycles. The van der Waals surface area contributed by atoms with E-state index in [9.17, 15) is 14.4 Å². The molecule has 2 N–H and O–H groups in total. The molecule has 0 unspecified atom stereocenters. The molecule has 0 bridgehead atoms. The first-order valence-corrected chi connectivity index (χ1v) is 6.44. The van der Waals surface area contributed by atoms with Crippen molar-refractivity contribution >= 4 is 28.9 Å². The quantitative estimate of drug-likeness (QED) is 0.827. The highest BCUT2D eigenvalue weighted by molar-refractivity contribution is 7.12. The van der Waals surface area contributed by atoms with Crippen LogP contribution in [0.5, 0.6) is 0 Å². The van der Waals surface area contributed by atoms with Crippen LogP contribution < -0.4 is 10.9 Å². The highest BCUT2D eigenvalue weighted by Gasteiger charge is 2.19. The number of esters is 1. The number of carbonyl (C=O) groups is 2. The average molecular weight is 293 g/mol. The van der Waals surface area contributed by atoms with E-state index in [2.05, 4.69) is 20.3 Å². The summed E-state index contributed by atoms with van der Waals surface area (Å²) in [5.74, 6) is -1.04. The largest absolute Gasteiger partial charge is 0.465 e. The van der Waals surface area contributed by atoms with Gasteiger partial charge < -0.3 is 10.1 Å². The molecule has 0 spiro atoms. The third kappa shape index (κ3) is 2.75. The van der Waals surface area contributed by atoms with E-state index in [0.29, 0.717) is 10.6 Å². The Balaban J connectivity index is 2.28. The molecule has 0 aliphatic rings. The lowest BCUT2D eigenvalue weighted by molar-refractivity contribution is 0.0607. The molecular weight excluding hydrogens is 282 g/mol. The van der Waals surface area contributed by atoms with Gasteiger partial charge in [0.25, 0.3) is 11.5 Å². The molecule has 0 aromatic carbocycles. The first kappa shape index (κ1) is 13.9. The van der Waals surface area contributed by atoms with Gasteiger partial charge in [0.15, 0.2) is 0 Å². The summed E-state index contributed by atoms with van der Waals surface area (Å²) in [6.07, 6.45) is 0. The number of rotatable bonds is 3. The van der Waals surface area contributed by atoms with E-state index < -0.39 is 17.4 Å². The number of H-pyrrole nitrogens is 1. The second-order valence-electron chi connectivity index (χ2n) is 3.87. The van der Waals surface area contributed by atoms with Gasteiger partial charge in [-0.2, -0.15) is 5.10 Å². The van der Waals surface area contributed by atoms with Gasteiger partial charge in [0, 0.05) is 6.07 Å². The monoisotopic (exact) mass is 293 g/mol. The van der Waals surface area contributed by atoms with E-state index in [1.165, 1.54) is 30.6 Å². The van der Waals surface area contributed by atoms with Gasteiger partial charge in [-0.25, -0.2) is 9.89 Å². The molecule has 2 aromatic rings. The van der Waals surface area contributed by atoms with Gasteiger partial charge in [-0.1, -0.05) is 0 Å². The van der Waals surface area contributed by atoms with Crippen molar-refractivity contribution in [3.8, 4) is 0 Å². The van der Waals surface area contributed by atoms with Gasteiger partial charge >= 0.3 is 5.97 Å². The van der Waals surface area contributed by atoms with Gasteiger partial charge in [-0.3, -0.25) is 9.59 Å². The van der Waals surface area contributed by atoms with Crippen molar-refractivity contribution in [2.75, 3.05) is 12.4 Å². The highest BCUT2D eigenvalue weighted by atomic mass is 32.1. The number of nitrogens with zero attached hydrogens (tertiary/aromatic N) is 1. The number of aromatic amines is 1. The van der Waals surface area contributed by atoms with E-state index >= 15 is 0 Å². The van der Waals surface area contributed by atoms with Crippen LogP contribution in [-0.2, 0) is 4.74 Å². The maximum Gasteiger partial charge on any atom is 0.350 e. The lowest BCUT2D eigenvalue weighted by atomic mass is 10.2. The number of thiophene rings is 1. The smallest absolute Gasteiger partial charge is 0.350 e. The van der Waals surface area contributed by atoms with Crippen molar-refractivity contribution in [3.63, 3.8) is 0 Å². The van der Waals surface area contributed by atoms with Crippen molar-refractivity contribution in [3.05, 3.63) is 44.0 Å². The first-order chi connectivity index (χ1) is 9.52. The Hall–Kier alpha value is -2.48. The number of ether oxygens (including phenoxy) is 1. The molecule has 0 saturated carbocycles. The van der Waals surface area contributed by atoms with Crippen LogP contribution in [0.15, 0.2) is 22.3 Å². The summed E-state index contributed by atoms with van der Waals surface area (Å²) in [6, 6.07) is 2.50. The Morgan fingerprint density at radius 3 is 2.75 bits per heavy atom. The normalized spacial score (nSPS) is 10.1. The SMILES string of the molecule is COC(=O)c1scc(C)c1NC(=O)c1ccc(=O)[nH]n1. The predicted octanol–water partition coefficient (Wildman–Crippen LogP) is 1.18. The molecule has 0 aliphatic carbocycles. The molecule has 2 aromatic heterocycles. The number of hydrogen-bond acceptors (Lipinski definition) is 6. The molecule has 104 valence electrons. The van der Waals surface area contributed by atoms with Crippen LogP contribution >= 0.6 is 11.3 Å². The Bertz CT molecular complexity index is 699. The zero-order valence-electron chi connectivity index (χ0n) is 10.7. The van der Waals surface area contributed by atoms with Crippen LogP contribution in [-0.4, -0.2) is 29.2 Å². The van der Waals surface area contributed by atoms with Crippen molar-refractivity contribution in [2.45, 2.75) is 6.92 Å². The number of methoxy groups -OCH3 is 1. The summed E-state index contributed by atoms with van der Waals surface area (Å²) in [4.78, 5) is 34.8. The Labute approximate surface area is 117 Å². The second kappa shape index (κ2) is 5.66. The summed E-state index contributed by atoms with van der Waals surface area (Å²) < 4.78 is 4.65. The second-order valence-corrected chi connectivity index (χ2v) is 4.75. The highest BCUT2D eigenvalue weighted by Crippen LogP contribution is 2.28. The number of anilines is 1. The molecule has 7 nitrogen and oxygen atoms in total. The van der Waals surface area contributed by atoms with E-state index in [-0.39, 0.29) is 5.69 Å². The van der Waals surface area contributed by atoms with E-state index in [4.69, 9.17) is 0 Å². The Morgan fingerprint density at radius 2 is 2.15 bits per heavy atom. The van der Waals surface area contributed by atoms with Gasteiger partial charge in [0.2, 0.25) is 0 Å². The lowest BCUT2D eigenvalue weighted by Gasteiger charge is -2.06. The van der Waals surface area contributed by atoms with Crippen molar-refractivity contribution in [1.29, 1.82) is 0 Å². The Kier molecular flexibility index (Phi) is 3.94. The predicted molar refractivity (Wildman–Crippen MR) is 73.2 cm³/mol. The van der Waals surface area contributed by atoms with Crippen LogP contribution in [0.2, 0.25) is 0 Å². The van der Waals surface area contributed by atoms with E-state index in [1.54, 1.807) is 12.3 Å². The molecule has 1 amide bonds. The lowest BCUT2D eigenvalue weighted by Crippen LogP contribution is -2.18. The van der Waals surface area contributed by atoms with Crippen molar-refractivity contribution in [2.24, 2.45) is 0 Å². The molecule has 20 heavy (non-hydrogen) atoms. The van der Waals surface area contributed by atoms with Gasteiger partial charge in [0.1, 0.15) is 10.6 Å². The molecule has 0 atom stereocenters. The molecule has 8 heteroatoms. The summed E-state index contributed by atoms with van der Waals surface area (Å²) in [7, 11) is 1.27. The number of nitrogens with one attached hydrogen (secondary N) is 2. The summed E-state index contributed by atoms with van der Waals surface area (Å²) in [5, 5.41) is 10.1. The third-order valence-electron chi connectivity index (χ3n) is 2.50. The fourth-order valence-corrected chi connectivity index (χ4v) is 2.41. The molecule has 0 fully saturated rings. The van der Waals surface area contributed by atoms with E-state index in [1.807, 2.05) is 0 Å². The number of aryl methyl sites for hydroxylation is 1. The number of carbonyl (C=O) groups excluding carboxylic acids is 2. The van der Waals surface area contributed by atoms with Crippen LogP contribution in [0.25, 0.3) is 0 Å². The molecule has 0 saturated heterocycles. The molecular formula is C12H11N3O4S. The van der Waals surface area contributed by atoms with Crippen LogP contribution in [0.1, 0.15) is 25.7 Å². The molecule has 0 radical (unpaired) electrons. The topological polar surface area (TPSA) is 101 Å². The number of aromatic nitrogens is 2. The van der Waals surface area contributed by atoms with Gasteiger partial charge in [-0.05, 0) is 23.9 Å². The molecule has 2 rings (SSSR count). The summed E-state index contributed by atoms with van der Waals surface area (Å²) in [6.45, 7) is 1.76. The fraction of sp³-hybridized carbons (Fsp3) is 0.167. The van der Waals surface area contributed by atoms with Crippen LogP contribution in [0.3, 0.4) is 0 Å². The molecule has 0 aliphatic heterocycles. The maximum absolute atomic E-state index is 12.0. The average Bonchev–Trinajstić information content (AvgIpc) is 2.80. The first-order valence-electron chi connectivity index (χ1n) is 5.56. The van der Waals surface area contributed by atoms with Crippen LogP contribution in [0, 0.1) is 6.92 Å². The fourth-order valence-electron chi connectivity index (χ4n) is 1.49. The third-order valence-corrected chi connectivity index (χ3v) is 3.57. The zero-order valence-corrected chi connectivity index (χ0v) is 11.5. The van der Waals surface area contributed by atoms with Crippen LogP contribution in [0.4, 0.5) is 5.69 Å². The number of amides is 1. The summed E-state index contributed by atoms with van der Waals surface area (Å²) in [5.41, 5.74) is 0.780. The number of hydrogen-bond donors (Lipinski definition) is 2. The van der Waals surface area contributed by atoms with Crippen molar-refractivity contribution in [1.82, 2.24) is 10.2 Å². The van der Waals surface area contributed by atoms with Crippen molar-refractivity contribution < 1.29 is 14.3 Å². The maximum atomic E-state index is 12.0. The van der Waals surface area contributed by atoms with Gasteiger partial charge in [0.05, 0.1) is 12.8 Å². The summed E-state index contributed by atoms with van der Waals surface area (Å²) >= 11 is 1.18. The minimum Gasteiger partial charge on any atom is -0.465 e. The Morgan fingerprint density at radius 1 is 1.40 bits per heavy atom.